The van der Waals surface area contributed by atoms with Crippen molar-refractivity contribution in [1.82, 2.24) is 9.78 Å². The number of anilines is 2. The largest absolute Gasteiger partial charge is 0.384 e. The van der Waals surface area contributed by atoms with Gasteiger partial charge in [-0.05, 0) is 0 Å². The highest BCUT2D eigenvalue weighted by molar-refractivity contribution is 5.93. The summed E-state index contributed by atoms with van der Waals surface area (Å²) in [6.45, 7) is 5.53. The number of nitrogens with zero attached hydrogens (tertiary/aromatic N) is 2. The standard InChI is InChI=1S/C9H16N4O/c1-9(2,3)8(14)11-7-5-6(10)13(4)12-7/h5H,10H2,1-4H3,(H,11,12,14). The van der Waals surface area contributed by atoms with E-state index in [9.17, 15) is 4.79 Å². The number of aromatic nitrogens is 2. The number of hydrogen-bond donors (Lipinski definition) is 2. The van der Waals surface area contributed by atoms with Gasteiger partial charge in [0.1, 0.15) is 5.82 Å². The van der Waals surface area contributed by atoms with Crippen molar-refractivity contribution in [3.63, 3.8) is 0 Å². The molecule has 0 aromatic carbocycles. The van der Waals surface area contributed by atoms with Crippen molar-refractivity contribution >= 4 is 17.5 Å². The molecule has 0 atom stereocenters. The fourth-order valence-corrected chi connectivity index (χ4v) is 0.847. The molecule has 0 fully saturated rings. The normalized spacial score (nSPS) is 11.4. The second kappa shape index (κ2) is 3.32. The molecule has 0 saturated heterocycles. The zero-order chi connectivity index (χ0) is 10.9. The van der Waals surface area contributed by atoms with Crippen molar-refractivity contribution in [2.24, 2.45) is 12.5 Å². The first-order valence-corrected chi connectivity index (χ1v) is 4.41. The van der Waals surface area contributed by atoms with Crippen LogP contribution in [-0.2, 0) is 11.8 Å². The van der Waals surface area contributed by atoms with Crippen molar-refractivity contribution < 1.29 is 4.79 Å². The van der Waals surface area contributed by atoms with E-state index in [1.807, 2.05) is 20.8 Å². The molecule has 0 spiro atoms. The van der Waals surface area contributed by atoms with Crippen LogP contribution in [0.1, 0.15) is 20.8 Å². The third-order valence-electron chi connectivity index (χ3n) is 1.84. The number of nitrogens with two attached hydrogens (primary N) is 1. The summed E-state index contributed by atoms with van der Waals surface area (Å²) in [6, 6.07) is 1.63. The van der Waals surface area contributed by atoms with Gasteiger partial charge in [-0.1, -0.05) is 20.8 Å². The van der Waals surface area contributed by atoms with Crippen LogP contribution >= 0.6 is 0 Å². The Labute approximate surface area is 83.3 Å². The number of hydrogen-bond acceptors (Lipinski definition) is 3. The molecule has 5 heteroatoms. The van der Waals surface area contributed by atoms with E-state index in [4.69, 9.17) is 5.73 Å². The van der Waals surface area contributed by atoms with Gasteiger partial charge in [-0.25, -0.2) is 0 Å². The van der Waals surface area contributed by atoms with Gasteiger partial charge in [0.25, 0.3) is 0 Å². The van der Waals surface area contributed by atoms with Gasteiger partial charge >= 0.3 is 0 Å². The van der Waals surface area contributed by atoms with Crippen LogP contribution in [0.25, 0.3) is 0 Å². The minimum absolute atomic E-state index is 0.0735. The molecule has 5 nitrogen and oxygen atoms in total. The van der Waals surface area contributed by atoms with E-state index in [1.54, 1.807) is 13.1 Å². The zero-order valence-electron chi connectivity index (χ0n) is 8.96. The lowest BCUT2D eigenvalue weighted by Crippen LogP contribution is -2.27. The average Bonchev–Trinajstić information content (AvgIpc) is 2.29. The first-order chi connectivity index (χ1) is 6.30. The summed E-state index contributed by atoms with van der Waals surface area (Å²) < 4.78 is 1.51. The lowest BCUT2D eigenvalue weighted by molar-refractivity contribution is -0.123. The lowest BCUT2D eigenvalue weighted by atomic mass is 9.96. The second-order valence-corrected chi connectivity index (χ2v) is 4.28. The van der Waals surface area contributed by atoms with E-state index in [1.165, 1.54) is 4.68 Å². The fourth-order valence-electron chi connectivity index (χ4n) is 0.847. The van der Waals surface area contributed by atoms with Crippen LogP contribution in [0.2, 0.25) is 0 Å². The van der Waals surface area contributed by atoms with Crippen molar-refractivity contribution in [2.45, 2.75) is 20.8 Å². The maximum absolute atomic E-state index is 11.6. The van der Waals surface area contributed by atoms with Gasteiger partial charge < -0.3 is 11.1 Å². The topological polar surface area (TPSA) is 72.9 Å². The summed E-state index contributed by atoms with van der Waals surface area (Å²) in [5, 5.41) is 6.72. The van der Waals surface area contributed by atoms with E-state index < -0.39 is 5.41 Å². The molecule has 0 bridgehead atoms. The Balaban J connectivity index is 2.75. The quantitative estimate of drug-likeness (QED) is 0.703. The number of nitrogens with one attached hydrogen (secondary N) is 1. The van der Waals surface area contributed by atoms with Crippen LogP contribution in [-0.4, -0.2) is 15.7 Å². The average molecular weight is 196 g/mol. The Morgan fingerprint density at radius 1 is 1.57 bits per heavy atom. The van der Waals surface area contributed by atoms with Gasteiger partial charge in [0.15, 0.2) is 5.82 Å². The maximum Gasteiger partial charge on any atom is 0.230 e. The summed E-state index contributed by atoms with van der Waals surface area (Å²) >= 11 is 0. The van der Waals surface area contributed by atoms with Crippen molar-refractivity contribution in [2.75, 3.05) is 11.1 Å². The van der Waals surface area contributed by atoms with Crippen LogP contribution in [0.4, 0.5) is 11.6 Å². The van der Waals surface area contributed by atoms with Crippen molar-refractivity contribution in [1.29, 1.82) is 0 Å². The van der Waals surface area contributed by atoms with Gasteiger partial charge in [0.2, 0.25) is 5.91 Å². The molecule has 0 radical (unpaired) electrons. The molecule has 1 amide bonds. The summed E-state index contributed by atoms with van der Waals surface area (Å²) in [5.41, 5.74) is 5.15. The van der Waals surface area contributed by atoms with E-state index in [0.717, 1.165) is 0 Å². The highest BCUT2D eigenvalue weighted by Crippen LogP contribution is 2.17. The fraction of sp³-hybridized carbons (Fsp3) is 0.556. The first kappa shape index (κ1) is 10.6. The van der Waals surface area contributed by atoms with Crippen molar-refractivity contribution in [3.05, 3.63) is 6.07 Å². The molecule has 0 aliphatic rings. The van der Waals surface area contributed by atoms with Gasteiger partial charge in [0, 0.05) is 18.5 Å². The molecular formula is C9H16N4O. The Morgan fingerprint density at radius 2 is 2.14 bits per heavy atom. The number of carbonyl (C=O) groups excluding carboxylic acids is 1. The molecule has 0 saturated carbocycles. The Kier molecular flexibility index (Phi) is 2.51. The van der Waals surface area contributed by atoms with Crippen LogP contribution in [0.3, 0.4) is 0 Å². The van der Waals surface area contributed by atoms with Crippen molar-refractivity contribution in [3.8, 4) is 0 Å². The number of carbonyl (C=O) groups is 1. The smallest absolute Gasteiger partial charge is 0.230 e. The summed E-state index contributed by atoms with van der Waals surface area (Å²) in [7, 11) is 1.72. The highest BCUT2D eigenvalue weighted by atomic mass is 16.2. The third kappa shape index (κ3) is 2.25. The Morgan fingerprint density at radius 3 is 2.50 bits per heavy atom. The third-order valence-corrected chi connectivity index (χ3v) is 1.84. The molecule has 0 aliphatic heterocycles. The molecule has 1 aromatic rings. The van der Waals surface area contributed by atoms with Crippen LogP contribution in [0, 0.1) is 5.41 Å². The van der Waals surface area contributed by atoms with E-state index in [0.29, 0.717) is 11.6 Å². The van der Waals surface area contributed by atoms with Crippen LogP contribution in [0.15, 0.2) is 6.07 Å². The minimum atomic E-state index is -0.424. The van der Waals surface area contributed by atoms with E-state index in [2.05, 4.69) is 10.4 Å². The number of aryl methyl sites for hydroxylation is 1. The second-order valence-electron chi connectivity index (χ2n) is 4.28. The van der Waals surface area contributed by atoms with Gasteiger partial charge in [0.05, 0.1) is 0 Å². The lowest BCUT2D eigenvalue weighted by Gasteiger charge is -2.15. The maximum atomic E-state index is 11.6. The SMILES string of the molecule is Cn1nc(NC(=O)C(C)(C)C)cc1N. The number of amides is 1. The van der Waals surface area contributed by atoms with E-state index in [-0.39, 0.29) is 5.91 Å². The number of nitrogen functional groups attached to an aromatic ring is 1. The summed E-state index contributed by atoms with van der Waals surface area (Å²) in [4.78, 5) is 11.6. The molecule has 78 valence electrons. The molecule has 14 heavy (non-hydrogen) atoms. The Hall–Kier alpha value is -1.52. The molecule has 1 heterocycles. The molecule has 0 unspecified atom stereocenters. The monoisotopic (exact) mass is 196 g/mol. The molecule has 0 aliphatic carbocycles. The molecular weight excluding hydrogens is 180 g/mol. The highest BCUT2D eigenvalue weighted by Gasteiger charge is 2.21. The Bertz CT molecular complexity index is 329. The minimum Gasteiger partial charge on any atom is -0.384 e. The predicted octanol–water partition coefficient (Wildman–Crippen LogP) is 0.987. The van der Waals surface area contributed by atoms with Gasteiger partial charge in [-0.3, -0.25) is 9.48 Å². The van der Waals surface area contributed by atoms with Crippen LogP contribution in [0.5, 0.6) is 0 Å². The molecule has 3 N–H and O–H groups in total. The van der Waals surface area contributed by atoms with Gasteiger partial charge in [-0.15, -0.1) is 0 Å². The summed E-state index contributed by atoms with van der Waals surface area (Å²) in [6.07, 6.45) is 0. The first-order valence-electron chi connectivity index (χ1n) is 4.41. The molecule has 1 rings (SSSR count). The van der Waals surface area contributed by atoms with E-state index >= 15 is 0 Å². The molecule has 1 aromatic heterocycles. The zero-order valence-corrected chi connectivity index (χ0v) is 8.96. The predicted molar refractivity (Wildman–Crippen MR) is 55.7 cm³/mol. The number of rotatable bonds is 1. The summed E-state index contributed by atoms with van der Waals surface area (Å²) in [5.74, 6) is 0.940. The van der Waals surface area contributed by atoms with Gasteiger partial charge in [-0.2, -0.15) is 5.10 Å². The van der Waals surface area contributed by atoms with Crippen LogP contribution < -0.4 is 11.1 Å².